The van der Waals surface area contributed by atoms with Crippen molar-refractivity contribution >= 4 is 17.5 Å². The van der Waals surface area contributed by atoms with Gasteiger partial charge in [-0.15, -0.1) is 0 Å². The van der Waals surface area contributed by atoms with E-state index in [1.54, 1.807) is 12.3 Å². The van der Waals surface area contributed by atoms with Crippen LogP contribution in [0.4, 0.5) is 0 Å². The number of rotatable bonds is 3. The van der Waals surface area contributed by atoms with E-state index < -0.39 is 0 Å². The summed E-state index contributed by atoms with van der Waals surface area (Å²) in [5, 5.41) is 1.64. The van der Waals surface area contributed by atoms with Gasteiger partial charge in [0.05, 0.1) is 6.61 Å². The van der Waals surface area contributed by atoms with Crippen LogP contribution in [0.1, 0.15) is 6.92 Å². The van der Waals surface area contributed by atoms with Crippen LogP contribution in [0.5, 0.6) is 0 Å². The third-order valence-corrected chi connectivity index (χ3v) is 2.04. The summed E-state index contributed by atoms with van der Waals surface area (Å²) in [6, 6.07) is 1.42. The van der Waals surface area contributed by atoms with Crippen molar-refractivity contribution < 1.29 is 9.53 Å². The van der Waals surface area contributed by atoms with Gasteiger partial charge in [0.15, 0.2) is 0 Å². The van der Waals surface area contributed by atoms with E-state index in [2.05, 4.69) is 4.74 Å². The number of hydrogen-bond acceptors (Lipinski definition) is 4. The number of hydrogen-bond donors (Lipinski definition) is 0. The molecule has 0 aliphatic carbocycles. The summed E-state index contributed by atoms with van der Waals surface area (Å²) < 4.78 is 6.02. The minimum Gasteiger partial charge on any atom is -0.465 e. The first kappa shape index (κ1) is 8.99. The number of nitrogens with zero attached hydrogens (tertiary/aromatic N) is 1. The highest BCUT2D eigenvalue weighted by Crippen LogP contribution is 1.93. The SMILES string of the molecule is CCOC(=O)Cn1sccc1=O. The molecule has 1 aromatic heterocycles. The van der Waals surface area contributed by atoms with E-state index >= 15 is 0 Å². The standard InChI is InChI=1S/C7H9NO3S/c1-2-11-7(10)5-8-6(9)3-4-12-8/h3-4H,2,5H2,1H3. The highest BCUT2D eigenvalue weighted by atomic mass is 32.1. The molecule has 4 nitrogen and oxygen atoms in total. The molecule has 0 aliphatic heterocycles. The molecule has 0 spiro atoms. The topological polar surface area (TPSA) is 48.3 Å². The van der Waals surface area contributed by atoms with Crippen LogP contribution >= 0.6 is 11.5 Å². The normalized spacial score (nSPS) is 9.75. The zero-order chi connectivity index (χ0) is 8.97. The Labute approximate surface area is 73.5 Å². The largest absolute Gasteiger partial charge is 0.465 e. The van der Waals surface area contributed by atoms with Gasteiger partial charge in [0.2, 0.25) is 0 Å². The van der Waals surface area contributed by atoms with Crippen LogP contribution in [0, 0.1) is 0 Å². The number of aromatic nitrogens is 1. The van der Waals surface area contributed by atoms with Crippen LogP contribution < -0.4 is 5.56 Å². The third-order valence-electron chi connectivity index (χ3n) is 1.22. The minimum absolute atomic E-state index is 0.0182. The molecule has 1 aromatic rings. The average molecular weight is 187 g/mol. The Hall–Kier alpha value is -1.10. The summed E-state index contributed by atoms with van der Waals surface area (Å²) in [5.41, 5.74) is -0.159. The molecular weight excluding hydrogens is 178 g/mol. The lowest BCUT2D eigenvalue weighted by atomic mass is 10.6. The minimum atomic E-state index is -0.373. The Bertz CT molecular complexity index is 314. The summed E-state index contributed by atoms with van der Waals surface area (Å²) in [5.74, 6) is -0.373. The molecule has 0 bridgehead atoms. The van der Waals surface area contributed by atoms with Gasteiger partial charge in [-0.05, 0) is 6.92 Å². The van der Waals surface area contributed by atoms with E-state index in [-0.39, 0.29) is 18.1 Å². The van der Waals surface area contributed by atoms with Gasteiger partial charge in [0.1, 0.15) is 6.54 Å². The Balaban J connectivity index is 2.58. The van der Waals surface area contributed by atoms with Crippen LogP contribution in [0.3, 0.4) is 0 Å². The highest BCUT2D eigenvalue weighted by Gasteiger charge is 2.04. The molecule has 0 aliphatic rings. The van der Waals surface area contributed by atoms with Crippen molar-refractivity contribution in [3.05, 3.63) is 21.8 Å². The molecule has 1 rings (SSSR count). The summed E-state index contributed by atoms with van der Waals surface area (Å²) in [6.07, 6.45) is 0. The lowest BCUT2D eigenvalue weighted by Gasteiger charge is -1.99. The molecule has 5 heteroatoms. The Morgan fingerprint density at radius 3 is 3.00 bits per heavy atom. The van der Waals surface area contributed by atoms with Crippen molar-refractivity contribution in [2.75, 3.05) is 6.61 Å². The molecule has 0 aromatic carbocycles. The molecule has 66 valence electrons. The quantitative estimate of drug-likeness (QED) is 0.646. The molecule has 12 heavy (non-hydrogen) atoms. The smallest absolute Gasteiger partial charge is 0.327 e. The maximum absolute atomic E-state index is 10.9. The first-order valence-corrected chi connectivity index (χ1v) is 4.38. The summed E-state index contributed by atoms with van der Waals surface area (Å²) in [7, 11) is 0. The third kappa shape index (κ3) is 2.20. The fourth-order valence-electron chi connectivity index (χ4n) is 0.736. The van der Waals surface area contributed by atoms with Crippen molar-refractivity contribution in [3.8, 4) is 0 Å². The first-order valence-electron chi connectivity index (χ1n) is 3.54. The van der Waals surface area contributed by atoms with Crippen molar-refractivity contribution in [2.45, 2.75) is 13.5 Å². The van der Waals surface area contributed by atoms with E-state index in [4.69, 9.17) is 0 Å². The van der Waals surface area contributed by atoms with Gasteiger partial charge in [-0.25, -0.2) is 0 Å². The predicted octanol–water partition coefficient (Wildman–Crippen LogP) is 0.473. The summed E-state index contributed by atoms with van der Waals surface area (Å²) in [4.78, 5) is 21.8. The first-order chi connectivity index (χ1) is 5.74. The van der Waals surface area contributed by atoms with Crippen molar-refractivity contribution in [1.29, 1.82) is 0 Å². The van der Waals surface area contributed by atoms with Gasteiger partial charge < -0.3 is 4.74 Å². The van der Waals surface area contributed by atoms with Gasteiger partial charge in [0.25, 0.3) is 5.56 Å². The van der Waals surface area contributed by atoms with E-state index in [0.29, 0.717) is 6.61 Å². The monoisotopic (exact) mass is 187 g/mol. The second-order valence-electron chi connectivity index (χ2n) is 2.09. The number of ether oxygens (including phenoxy) is 1. The van der Waals surface area contributed by atoms with Gasteiger partial charge in [-0.1, -0.05) is 11.5 Å². The van der Waals surface area contributed by atoms with Gasteiger partial charge in [0, 0.05) is 11.4 Å². The zero-order valence-corrected chi connectivity index (χ0v) is 7.47. The Morgan fingerprint density at radius 1 is 1.75 bits per heavy atom. The molecule has 0 radical (unpaired) electrons. The van der Waals surface area contributed by atoms with Crippen molar-refractivity contribution in [3.63, 3.8) is 0 Å². The molecule has 0 fully saturated rings. The van der Waals surface area contributed by atoms with Gasteiger partial charge in [-0.3, -0.25) is 13.5 Å². The van der Waals surface area contributed by atoms with Gasteiger partial charge >= 0.3 is 5.97 Å². The van der Waals surface area contributed by atoms with Crippen LogP contribution in [-0.2, 0) is 16.1 Å². The molecule has 1 heterocycles. The number of carbonyl (C=O) groups is 1. The van der Waals surface area contributed by atoms with E-state index in [9.17, 15) is 9.59 Å². The maximum atomic E-state index is 10.9. The van der Waals surface area contributed by atoms with Crippen LogP contribution in [-0.4, -0.2) is 16.5 Å². The molecule has 0 unspecified atom stereocenters. The molecule has 0 saturated heterocycles. The summed E-state index contributed by atoms with van der Waals surface area (Å²) >= 11 is 1.21. The van der Waals surface area contributed by atoms with Crippen molar-refractivity contribution in [1.82, 2.24) is 3.96 Å². The lowest BCUT2D eigenvalue weighted by Crippen LogP contribution is -2.19. The van der Waals surface area contributed by atoms with Crippen LogP contribution in [0.15, 0.2) is 16.2 Å². The average Bonchev–Trinajstić information content (AvgIpc) is 2.37. The maximum Gasteiger partial charge on any atom is 0.327 e. The van der Waals surface area contributed by atoms with E-state index in [1.165, 1.54) is 21.6 Å². The van der Waals surface area contributed by atoms with E-state index in [0.717, 1.165) is 0 Å². The molecule has 0 atom stereocenters. The second-order valence-corrected chi connectivity index (χ2v) is 3.01. The van der Waals surface area contributed by atoms with Crippen LogP contribution in [0.25, 0.3) is 0 Å². The molecular formula is C7H9NO3S. The second kappa shape index (κ2) is 4.06. The molecule has 0 N–H and O–H groups in total. The number of esters is 1. The predicted molar refractivity (Wildman–Crippen MR) is 45.2 cm³/mol. The lowest BCUT2D eigenvalue weighted by molar-refractivity contribution is -0.143. The Morgan fingerprint density at radius 2 is 2.50 bits per heavy atom. The summed E-state index contributed by atoms with van der Waals surface area (Å²) in [6.45, 7) is 2.10. The highest BCUT2D eigenvalue weighted by molar-refractivity contribution is 7.04. The number of carbonyl (C=O) groups excluding carboxylic acids is 1. The zero-order valence-electron chi connectivity index (χ0n) is 6.65. The fourth-order valence-corrected chi connectivity index (χ4v) is 1.41. The fraction of sp³-hybridized carbons (Fsp3) is 0.429. The molecule has 0 amide bonds. The van der Waals surface area contributed by atoms with Crippen molar-refractivity contribution in [2.24, 2.45) is 0 Å². The van der Waals surface area contributed by atoms with E-state index in [1.807, 2.05) is 0 Å². The Kier molecular flexibility index (Phi) is 3.04. The van der Waals surface area contributed by atoms with Crippen LogP contribution in [0.2, 0.25) is 0 Å². The molecule has 0 saturated carbocycles. The van der Waals surface area contributed by atoms with Gasteiger partial charge in [-0.2, -0.15) is 0 Å².